The SMILES string of the molecule is C1CCC2C(C1)OCCN2CCNC(C1CC1)C1CC1. The minimum Gasteiger partial charge on any atom is -0.375 e. The van der Waals surface area contributed by atoms with E-state index in [2.05, 4.69) is 10.2 Å². The Labute approximate surface area is 123 Å². The second-order valence-corrected chi connectivity index (χ2v) is 7.45. The first-order valence-corrected chi connectivity index (χ1v) is 9.01. The molecule has 114 valence electrons. The van der Waals surface area contributed by atoms with Gasteiger partial charge in [-0.25, -0.2) is 0 Å². The van der Waals surface area contributed by atoms with Crippen molar-refractivity contribution in [2.24, 2.45) is 11.8 Å². The van der Waals surface area contributed by atoms with Gasteiger partial charge < -0.3 is 10.1 Å². The van der Waals surface area contributed by atoms with E-state index in [0.29, 0.717) is 6.10 Å². The molecule has 3 saturated carbocycles. The number of nitrogens with one attached hydrogen (secondary N) is 1. The highest BCUT2D eigenvalue weighted by Gasteiger charge is 2.41. The van der Waals surface area contributed by atoms with Crippen LogP contribution in [0.4, 0.5) is 0 Å². The van der Waals surface area contributed by atoms with Gasteiger partial charge in [-0.2, -0.15) is 0 Å². The number of hydrogen-bond acceptors (Lipinski definition) is 3. The fourth-order valence-electron chi connectivity index (χ4n) is 4.46. The second-order valence-electron chi connectivity index (χ2n) is 7.45. The minimum absolute atomic E-state index is 0.542. The van der Waals surface area contributed by atoms with Gasteiger partial charge in [0.1, 0.15) is 0 Å². The molecular weight excluding hydrogens is 248 g/mol. The summed E-state index contributed by atoms with van der Waals surface area (Å²) in [5, 5.41) is 3.90. The van der Waals surface area contributed by atoms with Crippen LogP contribution in [-0.4, -0.2) is 49.3 Å². The van der Waals surface area contributed by atoms with E-state index in [0.717, 1.165) is 37.1 Å². The zero-order valence-electron chi connectivity index (χ0n) is 12.7. The average molecular weight is 278 g/mol. The smallest absolute Gasteiger partial charge is 0.0730 e. The summed E-state index contributed by atoms with van der Waals surface area (Å²) >= 11 is 0. The Morgan fingerprint density at radius 2 is 1.75 bits per heavy atom. The van der Waals surface area contributed by atoms with Crippen LogP contribution in [0.3, 0.4) is 0 Å². The Morgan fingerprint density at radius 1 is 1.00 bits per heavy atom. The van der Waals surface area contributed by atoms with Crippen LogP contribution in [0, 0.1) is 11.8 Å². The Morgan fingerprint density at radius 3 is 2.50 bits per heavy atom. The summed E-state index contributed by atoms with van der Waals surface area (Å²) in [4.78, 5) is 2.72. The number of nitrogens with zero attached hydrogens (tertiary/aromatic N) is 1. The lowest BCUT2D eigenvalue weighted by Gasteiger charge is -2.44. The normalized spacial score (nSPS) is 35.2. The summed E-state index contributed by atoms with van der Waals surface area (Å²) in [6, 6.07) is 1.58. The van der Waals surface area contributed by atoms with E-state index in [4.69, 9.17) is 4.74 Å². The van der Waals surface area contributed by atoms with Crippen LogP contribution in [0.15, 0.2) is 0 Å². The number of rotatable bonds is 6. The highest BCUT2D eigenvalue weighted by Crippen LogP contribution is 2.44. The molecule has 0 radical (unpaired) electrons. The van der Waals surface area contributed by atoms with Gasteiger partial charge in [-0.3, -0.25) is 4.90 Å². The Bertz CT molecular complexity index is 313. The molecule has 1 saturated heterocycles. The van der Waals surface area contributed by atoms with Gasteiger partial charge in [0.05, 0.1) is 12.7 Å². The van der Waals surface area contributed by atoms with Crippen LogP contribution in [0.2, 0.25) is 0 Å². The van der Waals surface area contributed by atoms with Gasteiger partial charge in [-0.15, -0.1) is 0 Å². The maximum atomic E-state index is 5.97. The van der Waals surface area contributed by atoms with Gasteiger partial charge in [0.25, 0.3) is 0 Å². The van der Waals surface area contributed by atoms with Gasteiger partial charge in [0, 0.05) is 31.7 Å². The topological polar surface area (TPSA) is 24.5 Å². The zero-order chi connectivity index (χ0) is 13.4. The number of morpholine rings is 1. The van der Waals surface area contributed by atoms with Gasteiger partial charge in [0.2, 0.25) is 0 Å². The molecule has 3 nitrogen and oxygen atoms in total. The summed E-state index contributed by atoms with van der Waals surface area (Å²) in [6.45, 7) is 4.54. The van der Waals surface area contributed by atoms with Crippen molar-refractivity contribution < 1.29 is 4.74 Å². The van der Waals surface area contributed by atoms with Crippen molar-refractivity contribution in [3.63, 3.8) is 0 Å². The van der Waals surface area contributed by atoms with Crippen LogP contribution >= 0.6 is 0 Å². The van der Waals surface area contributed by atoms with Crippen LogP contribution < -0.4 is 5.32 Å². The molecule has 3 heteroatoms. The third-order valence-corrected chi connectivity index (χ3v) is 5.89. The van der Waals surface area contributed by atoms with Crippen LogP contribution in [0.1, 0.15) is 51.4 Å². The Kier molecular flexibility index (Phi) is 4.02. The summed E-state index contributed by atoms with van der Waals surface area (Å²) < 4.78 is 5.97. The van der Waals surface area contributed by atoms with E-state index in [-0.39, 0.29) is 0 Å². The molecule has 0 aromatic heterocycles. The van der Waals surface area contributed by atoms with E-state index in [1.165, 1.54) is 64.5 Å². The standard InChI is InChI=1S/C17H30N2O/c1-2-4-16-15(3-1)19(11-12-20-16)10-9-18-17(13-5-6-13)14-7-8-14/h13-18H,1-12H2. The maximum Gasteiger partial charge on any atom is 0.0730 e. The highest BCUT2D eigenvalue weighted by molar-refractivity contribution is 4.96. The number of ether oxygens (including phenoxy) is 1. The van der Waals surface area contributed by atoms with E-state index in [1.54, 1.807) is 0 Å². The van der Waals surface area contributed by atoms with Gasteiger partial charge >= 0.3 is 0 Å². The summed E-state index contributed by atoms with van der Waals surface area (Å²) in [5.41, 5.74) is 0. The number of fused-ring (bicyclic) bond motifs is 1. The Hall–Kier alpha value is -0.120. The van der Waals surface area contributed by atoms with Gasteiger partial charge in [-0.05, 0) is 50.4 Å². The molecule has 2 unspecified atom stereocenters. The van der Waals surface area contributed by atoms with E-state index in [9.17, 15) is 0 Å². The lowest BCUT2D eigenvalue weighted by Crippen LogP contribution is -2.54. The lowest BCUT2D eigenvalue weighted by atomic mass is 9.90. The van der Waals surface area contributed by atoms with E-state index >= 15 is 0 Å². The van der Waals surface area contributed by atoms with E-state index < -0.39 is 0 Å². The molecule has 0 aromatic carbocycles. The third kappa shape index (κ3) is 3.05. The predicted octanol–water partition coefficient (Wildman–Crippen LogP) is 2.41. The summed E-state index contributed by atoms with van der Waals surface area (Å²) in [5.74, 6) is 2.05. The lowest BCUT2D eigenvalue weighted by molar-refractivity contribution is -0.0875. The van der Waals surface area contributed by atoms with Crippen molar-refractivity contribution in [2.45, 2.75) is 69.6 Å². The predicted molar refractivity (Wildman–Crippen MR) is 80.8 cm³/mol. The van der Waals surface area contributed by atoms with E-state index in [1.807, 2.05) is 0 Å². The Balaban J connectivity index is 1.25. The maximum absolute atomic E-state index is 5.97. The first-order valence-electron chi connectivity index (χ1n) is 9.01. The molecule has 1 N–H and O–H groups in total. The molecule has 0 aromatic rings. The molecule has 20 heavy (non-hydrogen) atoms. The third-order valence-electron chi connectivity index (χ3n) is 5.89. The van der Waals surface area contributed by atoms with Crippen molar-refractivity contribution in [1.82, 2.24) is 10.2 Å². The molecule has 0 spiro atoms. The molecule has 0 bridgehead atoms. The molecule has 1 heterocycles. The molecule has 4 fully saturated rings. The first-order chi connectivity index (χ1) is 9.92. The zero-order valence-corrected chi connectivity index (χ0v) is 12.7. The van der Waals surface area contributed by atoms with Crippen molar-refractivity contribution in [3.05, 3.63) is 0 Å². The van der Waals surface area contributed by atoms with Crippen molar-refractivity contribution in [2.75, 3.05) is 26.2 Å². The molecule has 1 aliphatic heterocycles. The minimum atomic E-state index is 0.542. The van der Waals surface area contributed by atoms with Crippen LogP contribution in [-0.2, 0) is 4.74 Å². The molecule has 4 rings (SSSR count). The fourth-order valence-corrected chi connectivity index (χ4v) is 4.46. The summed E-state index contributed by atoms with van der Waals surface area (Å²) in [6.07, 6.45) is 11.9. The van der Waals surface area contributed by atoms with Crippen LogP contribution in [0.5, 0.6) is 0 Å². The largest absolute Gasteiger partial charge is 0.375 e. The molecule has 0 amide bonds. The second kappa shape index (κ2) is 5.94. The summed E-state index contributed by atoms with van der Waals surface area (Å²) in [7, 11) is 0. The monoisotopic (exact) mass is 278 g/mol. The van der Waals surface area contributed by atoms with Gasteiger partial charge in [-0.1, -0.05) is 12.8 Å². The van der Waals surface area contributed by atoms with Crippen molar-refractivity contribution in [3.8, 4) is 0 Å². The van der Waals surface area contributed by atoms with Crippen LogP contribution in [0.25, 0.3) is 0 Å². The molecule has 4 aliphatic rings. The van der Waals surface area contributed by atoms with Crippen molar-refractivity contribution >= 4 is 0 Å². The van der Waals surface area contributed by atoms with Gasteiger partial charge in [0.15, 0.2) is 0 Å². The molecular formula is C17H30N2O. The quantitative estimate of drug-likeness (QED) is 0.807. The molecule has 3 aliphatic carbocycles. The average Bonchev–Trinajstić information content (AvgIpc) is 3.38. The van der Waals surface area contributed by atoms with Crippen molar-refractivity contribution in [1.29, 1.82) is 0 Å². The first kappa shape index (κ1) is 13.5. The highest BCUT2D eigenvalue weighted by atomic mass is 16.5. The molecule has 2 atom stereocenters. The fraction of sp³-hybridized carbons (Fsp3) is 1.00. The number of hydrogen-bond donors (Lipinski definition) is 1.